The normalized spacial score (nSPS) is 38.6. The van der Waals surface area contributed by atoms with E-state index in [-0.39, 0.29) is 11.9 Å². The van der Waals surface area contributed by atoms with Crippen molar-refractivity contribution in [3.8, 4) is 0 Å². The van der Waals surface area contributed by atoms with Gasteiger partial charge >= 0.3 is 5.97 Å². The topological polar surface area (TPSA) is 26.3 Å². The number of ether oxygens (including phenoxy) is 1. The van der Waals surface area contributed by atoms with E-state index < -0.39 is 0 Å². The molecule has 0 aliphatic heterocycles. The highest BCUT2D eigenvalue weighted by Gasteiger charge is 2.43. The van der Waals surface area contributed by atoms with E-state index in [9.17, 15) is 4.79 Å². The molecule has 0 aromatic carbocycles. The van der Waals surface area contributed by atoms with Crippen molar-refractivity contribution in [2.45, 2.75) is 32.6 Å². The maximum absolute atomic E-state index is 11.4. The minimum atomic E-state index is 0.0599. The molecule has 0 aromatic rings. The number of rotatable bonds is 2. The van der Waals surface area contributed by atoms with E-state index in [0.717, 1.165) is 12.3 Å². The molecule has 2 heteroatoms. The van der Waals surface area contributed by atoms with Gasteiger partial charge in [0.2, 0.25) is 0 Å². The van der Waals surface area contributed by atoms with Crippen LogP contribution in [0, 0.1) is 17.8 Å². The van der Waals surface area contributed by atoms with Crippen LogP contribution in [0.3, 0.4) is 0 Å². The van der Waals surface area contributed by atoms with E-state index >= 15 is 0 Å². The largest absolute Gasteiger partial charge is 0.466 e. The Balaban J connectivity index is 1.93. The Morgan fingerprint density at radius 2 is 2.25 bits per heavy atom. The Morgan fingerprint density at radius 3 is 2.75 bits per heavy atom. The first-order valence-corrected chi connectivity index (χ1v) is 4.98. The summed E-state index contributed by atoms with van der Waals surface area (Å²) in [6.45, 7) is 2.41. The summed E-state index contributed by atoms with van der Waals surface area (Å²) in [5.41, 5.74) is 0. The van der Waals surface area contributed by atoms with Crippen LogP contribution in [0.2, 0.25) is 0 Å². The van der Waals surface area contributed by atoms with Gasteiger partial charge in [-0.25, -0.2) is 0 Å². The molecular weight excluding hydrogens is 152 g/mol. The van der Waals surface area contributed by atoms with Crippen LogP contribution < -0.4 is 0 Å². The number of esters is 1. The summed E-state index contributed by atoms with van der Waals surface area (Å²) in [6.07, 6.45) is 4.99. The van der Waals surface area contributed by atoms with Crippen molar-refractivity contribution in [3.63, 3.8) is 0 Å². The first-order valence-electron chi connectivity index (χ1n) is 4.98. The third-order valence-corrected chi connectivity index (χ3v) is 3.33. The molecule has 0 spiro atoms. The molecule has 2 aliphatic carbocycles. The smallest absolute Gasteiger partial charge is 0.309 e. The SMILES string of the molecule is CCOC(=O)[C@H]1C[C@@H]2CC[C@@H]1C2. The van der Waals surface area contributed by atoms with E-state index in [1.807, 2.05) is 6.92 Å². The Hall–Kier alpha value is -0.530. The number of carbonyl (C=O) groups excluding carboxylic acids is 1. The summed E-state index contributed by atoms with van der Waals surface area (Å²) >= 11 is 0. The molecule has 2 rings (SSSR count). The summed E-state index contributed by atoms with van der Waals surface area (Å²) in [5, 5.41) is 0. The van der Waals surface area contributed by atoms with Gasteiger partial charge in [-0.1, -0.05) is 6.42 Å². The molecule has 0 saturated heterocycles. The quantitative estimate of drug-likeness (QED) is 0.589. The van der Waals surface area contributed by atoms with Crippen LogP contribution in [0.1, 0.15) is 32.6 Å². The highest BCUT2D eigenvalue weighted by molar-refractivity contribution is 5.73. The van der Waals surface area contributed by atoms with Crippen molar-refractivity contribution >= 4 is 5.97 Å². The van der Waals surface area contributed by atoms with E-state index in [4.69, 9.17) is 4.74 Å². The fourth-order valence-corrected chi connectivity index (χ4v) is 2.78. The lowest BCUT2D eigenvalue weighted by molar-refractivity contribution is -0.149. The van der Waals surface area contributed by atoms with Crippen LogP contribution in [-0.2, 0) is 9.53 Å². The van der Waals surface area contributed by atoms with Gasteiger partial charge < -0.3 is 4.74 Å². The maximum atomic E-state index is 11.4. The highest BCUT2D eigenvalue weighted by Crippen LogP contribution is 2.48. The molecule has 0 radical (unpaired) electrons. The van der Waals surface area contributed by atoms with Gasteiger partial charge in [0.25, 0.3) is 0 Å². The van der Waals surface area contributed by atoms with Crippen molar-refractivity contribution in [3.05, 3.63) is 0 Å². The predicted octanol–water partition coefficient (Wildman–Crippen LogP) is 1.99. The second-order valence-electron chi connectivity index (χ2n) is 4.03. The van der Waals surface area contributed by atoms with Crippen molar-refractivity contribution in [1.82, 2.24) is 0 Å². The van der Waals surface area contributed by atoms with Crippen molar-refractivity contribution < 1.29 is 9.53 Å². The molecule has 3 atom stereocenters. The van der Waals surface area contributed by atoms with Crippen LogP contribution in [0.5, 0.6) is 0 Å². The van der Waals surface area contributed by atoms with E-state index in [0.29, 0.717) is 12.5 Å². The summed E-state index contributed by atoms with van der Waals surface area (Å²) in [7, 11) is 0. The minimum Gasteiger partial charge on any atom is -0.466 e. The highest BCUT2D eigenvalue weighted by atomic mass is 16.5. The Labute approximate surface area is 73.3 Å². The molecule has 0 unspecified atom stereocenters. The maximum Gasteiger partial charge on any atom is 0.309 e. The average Bonchev–Trinajstić information content (AvgIpc) is 2.64. The number of hydrogen-bond acceptors (Lipinski definition) is 2. The molecule has 0 heterocycles. The molecule has 2 fully saturated rings. The first kappa shape index (κ1) is 8.09. The van der Waals surface area contributed by atoms with E-state index in [1.54, 1.807) is 0 Å². The Morgan fingerprint density at radius 1 is 1.42 bits per heavy atom. The lowest BCUT2D eigenvalue weighted by Crippen LogP contribution is -2.23. The summed E-state index contributed by atoms with van der Waals surface area (Å²) in [5.74, 6) is 1.81. The van der Waals surface area contributed by atoms with Gasteiger partial charge in [0.1, 0.15) is 0 Å². The zero-order valence-corrected chi connectivity index (χ0v) is 7.58. The lowest BCUT2D eigenvalue weighted by Gasteiger charge is -2.19. The monoisotopic (exact) mass is 168 g/mol. The molecule has 2 aliphatic rings. The molecule has 12 heavy (non-hydrogen) atoms. The van der Waals surface area contributed by atoms with Crippen molar-refractivity contribution in [2.75, 3.05) is 6.61 Å². The number of fused-ring (bicyclic) bond motifs is 2. The zero-order valence-electron chi connectivity index (χ0n) is 7.58. The molecule has 68 valence electrons. The van der Waals surface area contributed by atoms with Crippen LogP contribution in [0.15, 0.2) is 0 Å². The van der Waals surface area contributed by atoms with Gasteiger partial charge in [-0.05, 0) is 38.0 Å². The van der Waals surface area contributed by atoms with Gasteiger partial charge in [-0.15, -0.1) is 0 Å². The Bertz CT molecular complexity index is 188. The summed E-state index contributed by atoms with van der Waals surface area (Å²) in [4.78, 5) is 11.4. The third-order valence-electron chi connectivity index (χ3n) is 3.33. The first-order chi connectivity index (χ1) is 5.81. The lowest BCUT2D eigenvalue weighted by atomic mass is 9.89. The average molecular weight is 168 g/mol. The predicted molar refractivity (Wildman–Crippen MR) is 45.6 cm³/mol. The van der Waals surface area contributed by atoms with Gasteiger partial charge in [0.05, 0.1) is 12.5 Å². The molecule has 2 bridgehead atoms. The minimum absolute atomic E-state index is 0.0599. The fourth-order valence-electron chi connectivity index (χ4n) is 2.78. The summed E-state index contributed by atoms with van der Waals surface area (Å²) < 4.78 is 5.04. The Kier molecular flexibility index (Phi) is 2.07. The second kappa shape index (κ2) is 3.08. The molecule has 0 amide bonds. The van der Waals surface area contributed by atoms with E-state index in [2.05, 4.69) is 0 Å². The number of carbonyl (C=O) groups is 1. The van der Waals surface area contributed by atoms with Crippen molar-refractivity contribution in [2.24, 2.45) is 17.8 Å². The fraction of sp³-hybridized carbons (Fsp3) is 0.900. The van der Waals surface area contributed by atoms with Crippen LogP contribution in [0.25, 0.3) is 0 Å². The summed E-state index contributed by atoms with van der Waals surface area (Å²) in [6, 6.07) is 0. The third kappa shape index (κ3) is 1.23. The standard InChI is InChI=1S/C10H16O2/c1-2-12-10(11)9-6-7-3-4-8(9)5-7/h7-9H,2-6H2,1H3/t7-,8-,9+/m1/s1. The molecule has 0 N–H and O–H groups in total. The van der Waals surface area contributed by atoms with Crippen LogP contribution in [-0.4, -0.2) is 12.6 Å². The second-order valence-corrected chi connectivity index (χ2v) is 4.03. The molecule has 2 nitrogen and oxygen atoms in total. The molecule has 2 saturated carbocycles. The van der Waals surface area contributed by atoms with E-state index in [1.165, 1.54) is 19.3 Å². The number of hydrogen-bond donors (Lipinski definition) is 0. The van der Waals surface area contributed by atoms with Gasteiger partial charge in [-0.2, -0.15) is 0 Å². The zero-order chi connectivity index (χ0) is 8.55. The van der Waals surface area contributed by atoms with Crippen LogP contribution >= 0.6 is 0 Å². The van der Waals surface area contributed by atoms with Crippen molar-refractivity contribution in [1.29, 1.82) is 0 Å². The molecule has 0 aromatic heterocycles. The molecular formula is C10H16O2. The van der Waals surface area contributed by atoms with Gasteiger partial charge in [0, 0.05) is 0 Å². The van der Waals surface area contributed by atoms with Gasteiger partial charge in [-0.3, -0.25) is 4.79 Å². The van der Waals surface area contributed by atoms with Gasteiger partial charge in [0.15, 0.2) is 0 Å². The van der Waals surface area contributed by atoms with Crippen LogP contribution in [0.4, 0.5) is 0 Å².